The van der Waals surface area contributed by atoms with Crippen LogP contribution in [0.4, 0.5) is 11.5 Å². The van der Waals surface area contributed by atoms with E-state index < -0.39 is 22.4 Å². The quantitative estimate of drug-likeness (QED) is 0.164. The molecule has 11 heteroatoms. The van der Waals surface area contributed by atoms with E-state index in [0.29, 0.717) is 39.3 Å². The van der Waals surface area contributed by atoms with Crippen LogP contribution in [0.25, 0.3) is 0 Å². The number of nitro benzene ring substituents is 1. The van der Waals surface area contributed by atoms with Gasteiger partial charge in [-0.2, -0.15) is 0 Å². The Morgan fingerprint density at radius 2 is 1.89 bits per heavy atom. The lowest BCUT2D eigenvalue weighted by molar-refractivity contribution is -0.384. The normalized spacial score (nSPS) is 14.7. The first-order chi connectivity index (χ1) is 16.8. The van der Waals surface area contributed by atoms with E-state index in [1.165, 1.54) is 38.1 Å². The zero-order valence-electron chi connectivity index (χ0n) is 19.2. The minimum absolute atomic E-state index is 0.00863. The van der Waals surface area contributed by atoms with Gasteiger partial charge < -0.3 is 19.8 Å². The number of hydrogen-bond donors (Lipinski definition) is 2. The van der Waals surface area contributed by atoms with Gasteiger partial charge in [0.15, 0.2) is 5.16 Å². The van der Waals surface area contributed by atoms with Crippen molar-refractivity contribution >= 4 is 29.2 Å². The molecule has 0 radical (unpaired) electrons. The van der Waals surface area contributed by atoms with Gasteiger partial charge in [0.1, 0.15) is 11.6 Å². The van der Waals surface area contributed by atoms with E-state index in [-0.39, 0.29) is 11.3 Å². The van der Waals surface area contributed by atoms with Crippen molar-refractivity contribution in [3.8, 4) is 5.75 Å². The van der Waals surface area contributed by atoms with E-state index in [1.54, 1.807) is 43.3 Å². The predicted octanol–water partition coefficient (Wildman–Crippen LogP) is 3.98. The Labute approximate surface area is 204 Å². The summed E-state index contributed by atoms with van der Waals surface area (Å²) in [6, 6.07) is 13.4. The number of methoxy groups -OCH3 is 2. The standard InChI is InChI=1S/C24H22N4O6S/c1-13-18(23(30)34-3)19(16-6-4-5-7-17(16)33-2)20-21(25-13)26-24(27-22(20)29)35-12-14-8-10-15(11-9-14)28(31)32/h4-11,19H,12H2,1-3H3,(H2,25,26,27,29). The average molecular weight is 495 g/mol. The first-order valence-corrected chi connectivity index (χ1v) is 11.5. The summed E-state index contributed by atoms with van der Waals surface area (Å²) in [5, 5.41) is 14.3. The van der Waals surface area contributed by atoms with E-state index >= 15 is 0 Å². The number of aromatic amines is 1. The van der Waals surface area contributed by atoms with Crippen LogP contribution in [0.5, 0.6) is 5.75 Å². The van der Waals surface area contributed by atoms with Crippen LogP contribution >= 0.6 is 11.8 Å². The third-order valence-corrected chi connectivity index (χ3v) is 6.54. The van der Waals surface area contributed by atoms with Gasteiger partial charge >= 0.3 is 5.97 Å². The summed E-state index contributed by atoms with van der Waals surface area (Å²) < 4.78 is 10.5. The van der Waals surface area contributed by atoms with Gasteiger partial charge in [-0.15, -0.1) is 0 Å². The monoisotopic (exact) mass is 494 g/mol. The zero-order chi connectivity index (χ0) is 25.1. The lowest BCUT2D eigenvalue weighted by Crippen LogP contribution is -2.31. The van der Waals surface area contributed by atoms with Gasteiger partial charge in [-0.05, 0) is 18.6 Å². The maximum atomic E-state index is 13.3. The molecule has 4 rings (SSSR count). The molecule has 1 unspecified atom stereocenters. The number of nitrogens with zero attached hydrogens (tertiary/aromatic N) is 2. The van der Waals surface area contributed by atoms with E-state index in [2.05, 4.69) is 15.3 Å². The number of esters is 1. The van der Waals surface area contributed by atoms with E-state index in [9.17, 15) is 19.7 Å². The number of para-hydroxylation sites is 1. The first-order valence-electron chi connectivity index (χ1n) is 10.5. The van der Waals surface area contributed by atoms with Gasteiger partial charge in [-0.1, -0.05) is 42.1 Å². The van der Waals surface area contributed by atoms with E-state index in [0.717, 1.165) is 5.56 Å². The highest BCUT2D eigenvalue weighted by Gasteiger charge is 2.37. The minimum atomic E-state index is -0.750. The molecular weight excluding hydrogens is 472 g/mol. The van der Waals surface area contributed by atoms with Crippen LogP contribution in [0.15, 0.2) is 69.8 Å². The Bertz CT molecular complexity index is 1380. The number of H-pyrrole nitrogens is 1. The zero-order valence-corrected chi connectivity index (χ0v) is 20.0. The summed E-state index contributed by atoms with van der Waals surface area (Å²) in [5.74, 6) is -0.0123. The minimum Gasteiger partial charge on any atom is -0.496 e. The number of fused-ring (bicyclic) bond motifs is 1. The maximum absolute atomic E-state index is 13.3. The Kier molecular flexibility index (Phi) is 6.87. The molecule has 1 atom stereocenters. The van der Waals surface area contributed by atoms with E-state index in [1.807, 2.05) is 0 Å². The van der Waals surface area contributed by atoms with Crippen LogP contribution < -0.4 is 15.6 Å². The van der Waals surface area contributed by atoms with Crippen molar-refractivity contribution in [3.05, 3.63) is 97.0 Å². The van der Waals surface area contributed by atoms with Crippen molar-refractivity contribution in [2.75, 3.05) is 19.5 Å². The molecule has 0 spiro atoms. The number of ether oxygens (including phenoxy) is 2. The molecule has 10 nitrogen and oxygen atoms in total. The fourth-order valence-electron chi connectivity index (χ4n) is 3.96. The molecule has 0 fully saturated rings. The molecule has 0 saturated heterocycles. The van der Waals surface area contributed by atoms with Crippen LogP contribution in [-0.2, 0) is 15.3 Å². The molecule has 1 aromatic heterocycles. The smallest absolute Gasteiger partial charge is 0.336 e. The van der Waals surface area contributed by atoms with Crippen LogP contribution in [0.3, 0.4) is 0 Å². The summed E-state index contributed by atoms with van der Waals surface area (Å²) in [5.41, 5.74) is 2.17. The molecule has 0 saturated carbocycles. The third-order valence-electron chi connectivity index (χ3n) is 5.60. The molecular formula is C24H22N4O6S. The van der Waals surface area contributed by atoms with Gasteiger partial charge in [0.05, 0.1) is 36.2 Å². The summed E-state index contributed by atoms with van der Waals surface area (Å²) in [6.45, 7) is 1.73. The number of non-ortho nitro benzene ring substituents is 1. The molecule has 35 heavy (non-hydrogen) atoms. The predicted molar refractivity (Wildman–Crippen MR) is 131 cm³/mol. The fraction of sp³-hybridized carbons (Fsp3) is 0.208. The molecule has 0 amide bonds. The van der Waals surface area contributed by atoms with Crippen molar-refractivity contribution in [1.29, 1.82) is 0 Å². The average Bonchev–Trinajstić information content (AvgIpc) is 2.86. The molecule has 2 N–H and O–H groups in total. The van der Waals surface area contributed by atoms with Crippen LogP contribution in [0.1, 0.15) is 29.5 Å². The van der Waals surface area contributed by atoms with E-state index in [4.69, 9.17) is 9.47 Å². The number of carbonyl (C=O) groups is 1. The summed E-state index contributed by atoms with van der Waals surface area (Å²) in [4.78, 5) is 43.8. The highest BCUT2D eigenvalue weighted by atomic mass is 32.2. The molecule has 1 aliphatic heterocycles. The number of benzene rings is 2. The summed E-state index contributed by atoms with van der Waals surface area (Å²) in [7, 11) is 2.81. The third kappa shape index (κ3) is 4.76. The molecule has 0 aliphatic carbocycles. The van der Waals surface area contributed by atoms with Crippen LogP contribution in [0.2, 0.25) is 0 Å². The number of allylic oxidation sites excluding steroid dienone is 1. The summed E-state index contributed by atoms with van der Waals surface area (Å²) >= 11 is 1.28. The topological polar surface area (TPSA) is 136 Å². The second kappa shape index (κ2) is 10.0. The Balaban J connectivity index is 1.73. The maximum Gasteiger partial charge on any atom is 0.336 e. The highest BCUT2D eigenvalue weighted by molar-refractivity contribution is 7.98. The number of aromatic nitrogens is 2. The van der Waals surface area contributed by atoms with Crippen molar-refractivity contribution < 1.29 is 19.2 Å². The number of nitro groups is 1. The van der Waals surface area contributed by atoms with Gasteiger partial charge in [-0.25, -0.2) is 9.78 Å². The number of hydrogen-bond acceptors (Lipinski definition) is 9. The molecule has 0 bridgehead atoms. The molecule has 1 aliphatic rings. The van der Waals surface area contributed by atoms with Crippen molar-refractivity contribution in [1.82, 2.24) is 9.97 Å². The van der Waals surface area contributed by atoms with Gasteiger partial charge in [0, 0.05) is 29.1 Å². The molecule has 2 aromatic carbocycles. The highest BCUT2D eigenvalue weighted by Crippen LogP contribution is 2.43. The van der Waals surface area contributed by atoms with Crippen LogP contribution in [0, 0.1) is 10.1 Å². The number of carbonyl (C=O) groups excluding carboxylic acids is 1. The molecule has 3 aromatic rings. The Hall–Kier alpha value is -4.12. The lowest BCUT2D eigenvalue weighted by atomic mass is 9.82. The number of rotatable bonds is 7. The Morgan fingerprint density at radius 1 is 1.17 bits per heavy atom. The van der Waals surface area contributed by atoms with Gasteiger partial charge in [-0.3, -0.25) is 14.9 Å². The Morgan fingerprint density at radius 3 is 2.54 bits per heavy atom. The molecule has 180 valence electrons. The number of nitrogens with one attached hydrogen (secondary N) is 2. The fourth-order valence-corrected chi connectivity index (χ4v) is 4.78. The first kappa shape index (κ1) is 24.0. The van der Waals surface area contributed by atoms with Gasteiger partial charge in [0.25, 0.3) is 11.2 Å². The lowest BCUT2D eigenvalue weighted by Gasteiger charge is -2.29. The van der Waals surface area contributed by atoms with Crippen LogP contribution in [-0.4, -0.2) is 35.1 Å². The number of anilines is 1. The summed E-state index contributed by atoms with van der Waals surface area (Å²) in [6.07, 6.45) is 0. The van der Waals surface area contributed by atoms with Crippen molar-refractivity contribution in [2.45, 2.75) is 23.8 Å². The van der Waals surface area contributed by atoms with Crippen molar-refractivity contribution in [3.63, 3.8) is 0 Å². The largest absolute Gasteiger partial charge is 0.496 e. The second-order valence-electron chi connectivity index (χ2n) is 7.68. The SMILES string of the molecule is COC(=O)C1=C(C)Nc2nc(SCc3ccc([N+](=O)[O-])cc3)[nH]c(=O)c2C1c1ccccc1OC. The molecule has 2 heterocycles. The van der Waals surface area contributed by atoms with Crippen molar-refractivity contribution in [2.24, 2.45) is 0 Å². The van der Waals surface area contributed by atoms with Gasteiger partial charge in [0.2, 0.25) is 0 Å². The second-order valence-corrected chi connectivity index (χ2v) is 8.64. The number of thioether (sulfide) groups is 1.